The molecule has 1 aliphatic heterocycles. The third-order valence-corrected chi connectivity index (χ3v) is 3.67. The highest BCUT2D eigenvalue weighted by atomic mass is 15.1. The normalized spacial score (nSPS) is 17.6. The van der Waals surface area contributed by atoms with Gasteiger partial charge in [-0.3, -0.25) is 0 Å². The fourth-order valence-electron chi connectivity index (χ4n) is 2.79. The Kier molecular flexibility index (Phi) is 3.65. The largest absolute Gasteiger partial charge is 0.368 e. The fraction of sp³-hybridized carbons (Fsp3) is 0.375. The first-order chi connectivity index (χ1) is 9.72. The summed E-state index contributed by atoms with van der Waals surface area (Å²) in [5, 5.41) is 6.99. The van der Waals surface area contributed by atoms with Gasteiger partial charge in [0.1, 0.15) is 11.6 Å². The maximum Gasteiger partial charge on any atom is 0.129 e. The molecule has 2 aromatic rings. The Balaban J connectivity index is 1.73. The summed E-state index contributed by atoms with van der Waals surface area (Å²) in [5.41, 5.74) is 3.85. The molecule has 3 rings (SSSR count). The minimum atomic E-state index is 0.343. The average Bonchev–Trinajstić information content (AvgIpc) is 2.44. The second-order valence-corrected chi connectivity index (χ2v) is 5.28. The van der Waals surface area contributed by atoms with Crippen molar-refractivity contribution in [3.8, 4) is 0 Å². The second kappa shape index (κ2) is 5.59. The zero-order valence-electron chi connectivity index (χ0n) is 12.0. The Bertz CT molecular complexity index is 589. The van der Waals surface area contributed by atoms with E-state index in [-0.39, 0.29) is 0 Å². The molecular formula is C16H20N4. The summed E-state index contributed by atoms with van der Waals surface area (Å²) in [6.07, 6.45) is 1.11. The lowest BCUT2D eigenvalue weighted by molar-refractivity contribution is 0.523. The van der Waals surface area contributed by atoms with Crippen LogP contribution in [0.1, 0.15) is 28.7 Å². The summed E-state index contributed by atoms with van der Waals surface area (Å²) in [4.78, 5) is 8.72. The summed E-state index contributed by atoms with van der Waals surface area (Å²) in [7, 11) is 0. The van der Waals surface area contributed by atoms with Crippen LogP contribution in [0.4, 0.5) is 5.82 Å². The van der Waals surface area contributed by atoms with Gasteiger partial charge in [-0.05, 0) is 37.9 Å². The Morgan fingerprint density at radius 1 is 1.25 bits per heavy atom. The third-order valence-electron chi connectivity index (χ3n) is 3.67. The van der Waals surface area contributed by atoms with Gasteiger partial charge in [-0.15, -0.1) is 0 Å². The zero-order valence-corrected chi connectivity index (χ0v) is 12.0. The molecule has 2 heterocycles. The maximum absolute atomic E-state index is 4.42. The molecule has 1 unspecified atom stereocenters. The van der Waals surface area contributed by atoms with Crippen LogP contribution >= 0.6 is 0 Å². The number of nitrogens with zero attached hydrogens (tertiary/aromatic N) is 2. The van der Waals surface area contributed by atoms with Gasteiger partial charge in [-0.25, -0.2) is 9.97 Å². The molecule has 1 aliphatic rings. The summed E-state index contributed by atoms with van der Waals surface area (Å²) in [6, 6.07) is 11.0. The van der Waals surface area contributed by atoms with E-state index in [2.05, 4.69) is 44.9 Å². The molecule has 0 bridgehead atoms. The monoisotopic (exact) mass is 268 g/mol. The van der Waals surface area contributed by atoms with Crippen LogP contribution in [0.25, 0.3) is 0 Å². The van der Waals surface area contributed by atoms with E-state index in [1.807, 2.05) is 19.9 Å². The van der Waals surface area contributed by atoms with E-state index in [1.54, 1.807) is 0 Å². The van der Waals surface area contributed by atoms with E-state index < -0.39 is 0 Å². The van der Waals surface area contributed by atoms with Gasteiger partial charge in [-0.1, -0.05) is 24.3 Å². The van der Waals surface area contributed by atoms with Crippen LogP contribution in [0.3, 0.4) is 0 Å². The van der Waals surface area contributed by atoms with Gasteiger partial charge in [0.05, 0.1) is 0 Å². The van der Waals surface area contributed by atoms with Crippen LogP contribution in [0.2, 0.25) is 0 Å². The Morgan fingerprint density at radius 3 is 2.95 bits per heavy atom. The van der Waals surface area contributed by atoms with Gasteiger partial charge >= 0.3 is 0 Å². The molecule has 104 valence electrons. The number of hydrogen-bond acceptors (Lipinski definition) is 4. The predicted molar refractivity (Wildman–Crippen MR) is 80.9 cm³/mol. The summed E-state index contributed by atoms with van der Waals surface area (Å²) < 4.78 is 0. The number of rotatable bonds is 3. The van der Waals surface area contributed by atoms with E-state index in [0.717, 1.165) is 36.8 Å². The lowest BCUT2D eigenvalue weighted by Gasteiger charge is -2.27. The lowest BCUT2D eigenvalue weighted by Crippen LogP contribution is -2.34. The Labute approximate surface area is 119 Å². The Morgan fingerprint density at radius 2 is 2.10 bits per heavy atom. The van der Waals surface area contributed by atoms with E-state index >= 15 is 0 Å². The third kappa shape index (κ3) is 2.80. The Hall–Kier alpha value is -1.94. The van der Waals surface area contributed by atoms with Crippen molar-refractivity contribution in [1.29, 1.82) is 0 Å². The SMILES string of the molecule is Cc1cc(NCC2NCCc3ccccc32)nc(C)n1. The van der Waals surface area contributed by atoms with Crippen LogP contribution in [0.5, 0.6) is 0 Å². The smallest absolute Gasteiger partial charge is 0.129 e. The summed E-state index contributed by atoms with van der Waals surface area (Å²) in [5.74, 6) is 1.71. The van der Waals surface area contributed by atoms with Crippen LogP contribution < -0.4 is 10.6 Å². The van der Waals surface area contributed by atoms with Crippen molar-refractivity contribution < 1.29 is 0 Å². The molecule has 1 aromatic heterocycles. The zero-order chi connectivity index (χ0) is 13.9. The van der Waals surface area contributed by atoms with Crippen molar-refractivity contribution in [2.75, 3.05) is 18.4 Å². The molecule has 2 N–H and O–H groups in total. The fourth-order valence-corrected chi connectivity index (χ4v) is 2.79. The molecule has 4 heteroatoms. The number of aryl methyl sites for hydroxylation is 2. The van der Waals surface area contributed by atoms with Crippen molar-refractivity contribution in [2.45, 2.75) is 26.3 Å². The number of nitrogens with one attached hydrogen (secondary N) is 2. The van der Waals surface area contributed by atoms with Gasteiger partial charge in [0.15, 0.2) is 0 Å². The average molecular weight is 268 g/mol. The molecule has 0 amide bonds. The van der Waals surface area contributed by atoms with Crippen molar-refractivity contribution in [3.63, 3.8) is 0 Å². The predicted octanol–water partition coefficient (Wildman–Crippen LogP) is 2.39. The molecule has 0 aliphatic carbocycles. The van der Waals surface area contributed by atoms with Crippen molar-refractivity contribution in [2.24, 2.45) is 0 Å². The first-order valence-corrected chi connectivity index (χ1v) is 7.10. The highest BCUT2D eigenvalue weighted by Gasteiger charge is 2.18. The van der Waals surface area contributed by atoms with Crippen molar-refractivity contribution >= 4 is 5.82 Å². The molecule has 1 aromatic carbocycles. The number of anilines is 1. The van der Waals surface area contributed by atoms with Gasteiger partial charge in [0.25, 0.3) is 0 Å². The van der Waals surface area contributed by atoms with Gasteiger partial charge < -0.3 is 10.6 Å². The maximum atomic E-state index is 4.42. The standard InChI is InChI=1S/C16H20N4/c1-11-9-16(20-12(2)19-11)18-10-15-14-6-4-3-5-13(14)7-8-17-15/h3-6,9,15,17H,7-8,10H2,1-2H3,(H,18,19,20). The number of fused-ring (bicyclic) bond motifs is 1. The summed E-state index contributed by atoms with van der Waals surface area (Å²) >= 11 is 0. The minimum absolute atomic E-state index is 0.343. The molecule has 0 saturated heterocycles. The van der Waals surface area contributed by atoms with Crippen LogP contribution in [0.15, 0.2) is 30.3 Å². The number of benzene rings is 1. The number of hydrogen-bond donors (Lipinski definition) is 2. The van der Waals surface area contributed by atoms with E-state index in [9.17, 15) is 0 Å². The van der Waals surface area contributed by atoms with Crippen molar-refractivity contribution in [1.82, 2.24) is 15.3 Å². The lowest BCUT2D eigenvalue weighted by atomic mass is 9.94. The van der Waals surface area contributed by atoms with Crippen LogP contribution in [0, 0.1) is 13.8 Å². The number of aromatic nitrogens is 2. The van der Waals surface area contributed by atoms with Gasteiger partial charge in [0, 0.05) is 24.3 Å². The van der Waals surface area contributed by atoms with Crippen LogP contribution in [-0.2, 0) is 6.42 Å². The molecule has 0 spiro atoms. The molecule has 0 radical (unpaired) electrons. The molecule has 4 nitrogen and oxygen atoms in total. The highest BCUT2D eigenvalue weighted by molar-refractivity contribution is 5.38. The second-order valence-electron chi connectivity index (χ2n) is 5.28. The highest BCUT2D eigenvalue weighted by Crippen LogP contribution is 2.22. The molecule has 1 atom stereocenters. The van der Waals surface area contributed by atoms with Gasteiger partial charge in [0.2, 0.25) is 0 Å². The van der Waals surface area contributed by atoms with Crippen LogP contribution in [-0.4, -0.2) is 23.1 Å². The first kappa shape index (κ1) is 13.1. The van der Waals surface area contributed by atoms with Gasteiger partial charge in [-0.2, -0.15) is 0 Å². The quantitative estimate of drug-likeness (QED) is 0.897. The van der Waals surface area contributed by atoms with E-state index in [4.69, 9.17) is 0 Å². The van der Waals surface area contributed by atoms with E-state index in [1.165, 1.54) is 11.1 Å². The topological polar surface area (TPSA) is 49.8 Å². The molecular weight excluding hydrogens is 248 g/mol. The molecule has 0 saturated carbocycles. The minimum Gasteiger partial charge on any atom is -0.368 e. The molecule has 0 fully saturated rings. The summed E-state index contributed by atoms with van der Waals surface area (Å²) in [6.45, 7) is 5.79. The van der Waals surface area contributed by atoms with Crippen molar-refractivity contribution in [3.05, 3.63) is 53.0 Å². The first-order valence-electron chi connectivity index (χ1n) is 7.10. The van der Waals surface area contributed by atoms with E-state index in [0.29, 0.717) is 6.04 Å². The molecule has 20 heavy (non-hydrogen) atoms.